The molecule has 0 saturated carbocycles. The molecule has 2 aromatic carbocycles. The number of hydrogen-bond acceptors (Lipinski definition) is 6. The Bertz CT molecular complexity index is 1010. The summed E-state index contributed by atoms with van der Waals surface area (Å²) in [5, 5.41) is 11.7. The number of carbonyl (C=O) groups excluding carboxylic acids is 2. The van der Waals surface area contributed by atoms with Crippen molar-refractivity contribution in [1.82, 2.24) is 14.8 Å². The molecule has 0 radical (unpaired) electrons. The summed E-state index contributed by atoms with van der Waals surface area (Å²) in [6.07, 6.45) is 2.54. The lowest BCUT2D eigenvalue weighted by atomic mass is 10.1. The molecule has 9 heteroatoms. The van der Waals surface area contributed by atoms with Gasteiger partial charge < -0.3 is 11.1 Å². The molecule has 0 saturated heterocycles. The van der Waals surface area contributed by atoms with E-state index < -0.39 is 5.91 Å². The number of primary amides is 1. The van der Waals surface area contributed by atoms with Gasteiger partial charge in [-0.05, 0) is 30.2 Å². The summed E-state index contributed by atoms with van der Waals surface area (Å²) < 4.78 is 1.90. The molecule has 3 aromatic rings. The van der Waals surface area contributed by atoms with Crippen LogP contribution in [-0.2, 0) is 16.0 Å². The van der Waals surface area contributed by atoms with Crippen molar-refractivity contribution < 1.29 is 9.59 Å². The summed E-state index contributed by atoms with van der Waals surface area (Å²) >= 11 is 2.61. The van der Waals surface area contributed by atoms with E-state index in [1.54, 1.807) is 12.4 Å². The maximum atomic E-state index is 12.5. The molecule has 7 nitrogen and oxygen atoms in total. The average molecular weight is 428 g/mol. The molecule has 0 aliphatic rings. The Morgan fingerprint density at radius 3 is 2.62 bits per heavy atom. The van der Waals surface area contributed by atoms with Gasteiger partial charge in [0.2, 0.25) is 11.8 Å². The zero-order valence-electron chi connectivity index (χ0n) is 15.9. The van der Waals surface area contributed by atoms with Crippen LogP contribution in [0.25, 0.3) is 5.69 Å². The van der Waals surface area contributed by atoms with Crippen LogP contribution in [0.5, 0.6) is 0 Å². The van der Waals surface area contributed by atoms with Crippen LogP contribution in [0.4, 0.5) is 5.69 Å². The molecule has 2 amide bonds. The van der Waals surface area contributed by atoms with Gasteiger partial charge in [-0.15, -0.1) is 22.0 Å². The van der Waals surface area contributed by atoms with Crippen LogP contribution in [-0.4, -0.2) is 38.1 Å². The molecule has 0 unspecified atom stereocenters. The summed E-state index contributed by atoms with van der Waals surface area (Å²) in [6.45, 7) is 2.09. The lowest BCUT2D eigenvalue weighted by Gasteiger charge is -2.11. The quantitative estimate of drug-likeness (QED) is 0.509. The number of nitrogens with zero attached hydrogens (tertiary/aromatic N) is 3. The number of nitrogens with two attached hydrogens (primary N) is 1. The number of aromatic nitrogens is 3. The first-order valence-corrected chi connectivity index (χ1v) is 11.0. The predicted octanol–water partition coefficient (Wildman–Crippen LogP) is 3.14. The van der Waals surface area contributed by atoms with E-state index in [1.807, 2.05) is 41.0 Å². The topological polar surface area (TPSA) is 103 Å². The van der Waals surface area contributed by atoms with Crippen molar-refractivity contribution in [2.75, 3.05) is 16.8 Å². The molecule has 3 rings (SSSR count). The van der Waals surface area contributed by atoms with E-state index >= 15 is 0 Å². The number of amides is 2. The molecular weight excluding hydrogens is 406 g/mol. The second kappa shape index (κ2) is 10.1. The lowest BCUT2D eigenvalue weighted by molar-refractivity contribution is -0.115. The first-order chi connectivity index (χ1) is 14.1. The zero-order chi connectivity index (χ0) is 20.6. The largest absolute Gasteiger partial charge is 0.369 e. The first kappa shape index (κ1) is 20.9. The highest BCUT2D eigenvalue weighted by atomic mass is 32.2. The van der Waals surface area contributed by atoms with Crippen molar-refractivity contribution in [2.45, 2.75) is 23.4 Å². The molecule has 1 aromatic heterocycles. The Kier molecular flexibility index (Phi) is 7.31. The minimum Gasteiger partial charge on any atom is -0.369 e. The van der Waals surface area contributed by atoms with Gasteiger partial charge in [0.25, 0.3) is 0 Å². The SMILES string of the molecule is CCc1ccccc1-n1cnnc1SCC(=O)Nc1ccccc1SCC(N)=O. The Morgan fingerprint density at radius 2 is 1.83 bits per heavy atom. The summed E-state index contributed by atoms with van der Waals surface area (Å²) in [5.41, 5.74) is 8.06. The number of nitrogens with one attached hydrogen (secondary N) is 1. The van der Waals surface area contributed by atoms with Gasteiger partial charge in [-0.3, -0.25) is 14.2 Å². The molecule has 0 atom stereocenters. The molecule has 29 heavy (non-hydrogen) atoms. The molecule has 0 aliphatic heterocycles. The van der Waals surface area contributed by atoms with E-state index in [4.69, 9.17) is 5.73 Å². The number of thioether (sulfide) groups is 2. The minimum absolute atomic E-state index is 0.154. The number of rotatable bonds is 9. The van der Waals surface area contributed by atoms with E-state index in [0.717, 1.165) is 17.0 Å². The second-order valence-corrected chi connectivity index (χ2v) is 8.01. The van der Waals surface area contributed by atoms with Gasteiger partial charge in [-0.2, -0.15) is 0 Å². The number of anilines is 1. The predicted molar refractivity (Wildman–Crippen MR) is 116 cm³/mol. The zero-order valence-corrected chi connectivity index (χ0v) is 17.5. The Balaban J connectivity index is 1.66. The van der Waals surface area contributed by atoms with Crippen LogP contribution in [0.2, 0.25) is 0 Å². The first-order valence-electron chi connectivity index (χ1n) is 8.99. The van der Waals surface area contributed by atoms with E-state index in [2.05, 4.69) is 28.5 Å². The lowest BCUT2D eigenvalue weighted by Crippen LogP contribution is -2.16. The maximum Gasteiger partial charge on any atom is 0.234 e. The van der Waals surface area contributed by atoms with Gasteiger partial charge in [0.1, 0.15) is 6.33 Å². The highest BCUT2D eigenvalue weighted by Gasteiger charge is 2.13. The summed E-state index contributed by atoms with van der Waals surface area (Å²) in [6, 6.07) is 15.4. The summed E-state index contributed by atoms with van der Waals surface area (Å²) in [7, 11) is 0. The van der Waals surface area contributed by atoms with Gasteiger partial charge in [-0.25, -0.2) is 0 Å². The third kappa shape index (κ3) is 5.61. The van der Waals surface area contributed by atoms with Crippen LogP contribution in [0, 0.1) is 0 Å². The number of aryl methyl sites for hydroxylation is 1. The summed E-state index contributed by atoms with van der Waals surface area (Å²) in [4.78, 5) is 24.3. The smallest absolute Gasteiger partial charge is 0.234 e. The number of hydrogen-bond donors (Lipinski definition) is 2. The Morgan fingerprint density at radius 1 is 1.07 bits per heavy atom. The Labute approximate surface area is 177 Å². The van der Waals surface area contributed by atoms with Crippen molar-refractivity contribution in [1.29, 1.82) is 0 Å². The second-order valence-electron chi connectivity index (χ2n) is 6.05. The van der Waals surface area contributed by atoms with Crippen LogP contribution in [0.3, 0.4) is 0 Å². The third-order valence-corrected chi connectivity index (χ3v) is 6.05. The number of carbonyl (C=O) groups is 2. The van der Waals surface area contributed by atoms with E-state index in [9.17, 15) is 9.59 Å². The standard InChI is InChI=1S/C20H21N5O2S2/c1-2-14-7-3-5-9-16(14)25-13-22-24-20(25)29-12-19(27)23-15-8-4-6-10-17(15)28-11-18(21)26/h3-10,13H,2,11-12H2,1H3,(H2,21,26)(H,23,27). The number of para-hydroxylation sites is 2. The fourth-order valence-electron chi connectivity index (χ4n) is 2.69. The van der Waals surface area contributed by atoms with Crippen LogP contribution in [0.15, 0.2) is 64.9 Å². The highest BCUT2D eigenvalue weighted by molar-refractivity contribution is 8.00. The molecular formula is C20H21N5O2S2. The van der Waals surface area contributed by atoms with Gasteiger partial charge >= 0.3 is 0 Å². The van der Waals surface area contributed by atoms with Crippen molar-refractivity contribution in [3.63, 3.8) is 0 Å². The molecule has 0 aliphatic carbocycles. The van der Waals surface area contributed by atoms with Gasteiger partial charge in [0.15, 0.2) is 5.16 Å². The monoisotopic (exact) mass is 427 g/mol. The molecule has 3 N–H and O–H groups in total. The van der Waals surface area contributed by atoms with Gasteiger partial charge in [0.05, 0.1) is 22.9 Å². The molecule has 1 heterocycles. The van der Waals surface area contributed by atoms with E-state index in [1.165, 1.54) is 29.1 Å². The fourth-order valence-corrected chi connectivity index (χ4v) is 4.16. The third-order valence-electron chi connectivity index (χ3n) is 4.01. The van der Waals surface area contributed by atoms with Crippen LogP contribution >= 0.6 is 23.5 Å². The Hall–Kier alpha value is -2.78. The average Bonchev–Trinajstić information content (AvgIpc) is 3.20. The van der Waals surface area contributed by atoms with E-state index in [-0.39, 0.29) is 17.4 Å². The number of benzene rings is 2. The van der Waals surface area contributed by atoms with Crippen molar-refractivity contribution >= 4 is 41.0 Å². The molecule has 0 spiro atoms. The van der Waals surface area contributed by atoms with Crippen molar-refractivity contribution in [2.24, 2.45) is 5.73 Å². The molecule has 0 fully saturated rings. The van der Waals surface area contributed by atoms with Crippen LogP contribution in [0.1, 0.15) is 12.5 Å². The molecule has 150 valence electrons. The highest BCUT2D eigenvalue weighted by Crippen LogP contribution is 2.27. The van der Waals surface area contributed by atoms with Crippen LogP contribution < -0.4 is 11.1 Å². The van der Waals surface area contributed by atoms with E-state index in [0.29, 0.717) is 10.8 Å². The van der Waals surface area contributed by atoms with Crippen molar-refractivity contribution in [3.8, 4) is 5.69 Å². The van der Waals surface area contributed by atoms with Crippen molar-refractivity contribution in [3.05, 3.63) is 60.4 Å². The molecule has 0 bridgehead atoms. The summed E-state index contributed by atoms with van der Waals surface area (Å²) in [5.74, 6) is -0.234. The minimum atomic E-state index is -0.404. The van der Waals surface area contributed by atoms with Gasteiger partial charge in [-0.1, -0.05) is 49.0 Å². The fraction of sp³-hybridized carbons (Fsp3) is 0.200. The van der Waals surface area contributed by atoms with Gasteiger partial charge in [0, 0.05) is 4.90 Å². The normalized spacial score (nSPS) is 10.7. The maximum absolute atomic E-state index is 12.5.